The molecule has 1 saturated carbocycles. The largest absolute Gasteiger partial charge is 0.494 e. The van der Waals surface area contributed by atoms with Crippen LogP contribution in [0.5, 0.6) is 5.75 Å². The zero-order chi connectivity index (χ0) is 29.0. The van der Waals surface area contributed by atoms with Crippen LogP contribution >= 0.6 is 0 Å². The Morgan fingerprint density at radius 1 is 1.14 bits per heavy atom. The number of nitrogens with zero attached hydrogens (tertiary/aromatic N) is 5. The first-order valence-corrected chi connectivity index (χ1v) is 14.4. The number of hydrogen-bond donors (Lipinski definition) is 1. The summed E-state index contributed by atoms with van der Waals surface area (Å²) in [6.07, 6.45) is 4.72. The van der Waals surface area contributed by atoms with Crippen molar-refractivity contribution in [1.29, 1.82) is 0 Å². The van der Waals surface area contributed by atoms with E-state index in [9.17, 15) is 9.18 Å². The van der Waals surface area contributed by atoms with E-state index in [1.807, 2.05) is 18.2 Å². The number of nitrogens with two attached hydrogens (primary N) is 1. The molecule has 0 bridgehead atoms. The maximum absolute atomic E-state index is 14.5. The van der Waals surface area contributed by atoms with Crippen molar-refractivity contribution in [3.63, 3.8) is 0 Å². The maximum atomic E-state index is 14.5. The molecule has 2 aromatic carbocycles. The number of alkyl halides is 1. The molecule has 0 spiro atoms. The van der Waals surface area contributed by atoms with Gasteiger partial charge in [0.1, 0.15) is 17.4 Å². The molecular formula is C32H32BFN6O2. The van der Waals surface area contributed by atoms with Gasteiger partial charge in [-0.05, 0) is 72.6 Å². The van der Waals surface area contributed by atoms with E-state index in [1.54, 1.807) is 31.6 Å². The van der Waals surface area contributed by atoms with Gasteiger partial charge >= 0.3 is 0 Å². The molecule has 2 N–H and O–H groups in total. The highest BCUT2D eigenvalue weighted by atomic mass is 19.1. The number of para-hydroxylation sites is 1. The predicted octanol–water partition coefficient (Wildman–Crippen LogP) is 4.53. The molecule has 5 aromatic rings. The Morgan fingerprint density at radius 3 is 2.67 bits per heavy atom. The Balaban J connectivity index is 1.41. The SMILES string of the molecule is [B]C1(N)C[C@@H](F)CN(C(=O)c2cc(OC)c3c(c2)nc(-c2cc4ccccc4n2CC2CC2)n3Cc2ccncc2)C1. The van der Waals surface area contributed by atoms with Gasteiger partial charge in [0.05, 0.1) is 32.7 Å². The third-order valence-corrected chi connectivity index (χ3v) is 8.33. The lowest BCUT2D eigenvalue weighted by Gasteiger charge is -2.40. The summed E-state index contributed by atoms with van der Waals surface area (Å²) in [6, 6.07) is 18.0. The Hall–Kier alpha value is -4.18. The number of ether oxygens (including phenoxy) is 1. The van der Waals surface area contributed by atoms with Gasteiger partial charge in [-0.15, -0.1) is 0 Å². The van der Waals surface area contributed by atoms with Crippen LogP contribution in [0.1, 0.15) is 35.2 Å². The summed E-state index contributed by atoms with van der Waals surface area (Å²) in [5.41, 5.74) is 9.76. The van der Waals surface area contributed by atoms with Crippen LogP contribution in [-0.2, 0) is 13.1 Å². The van der Waals surface area contributed by atoms with Crippen molar-refractivity contribution in [2.24, 2.45) is 11.7 Å². The van der Waals surface area contributed by atoms with Crippen LogP contribution in [0, 0.1) is 5.92 Å². The molecule has 2 radical (unpaired) electrons. The summed E-state index contributed by atoms with van der Waals surface area (Å²) in [5, 5.41) is 1.15. The van der Waals surface area contributed by atoms with Crippen molar-refractivity contribution in [2.45, 2.75) is 44.0 Å². The molecule has 2 atom stereocenters. The van der Waals surface area contributed by atoms with E-state index in [0.717, 1.165) is 34.5 Å². The summed E-state index contributed by atoms with van der Waals surface area (Å²) < 4.78 is 24.9. The number of piperidine rings is 1. The number of hydrogen-bond acceptors (Lipinski definition) is 5. The van der Waals surface area contributed by atoms with Crippen LogP contribution in [0.25, 0.3) is 33.5 Å². The van der Waals surface area contributed by atoms with E-state index < -0.39 is 11.6 Å². The van der Waals surface area contributed by atoms with Gasteiger partial charge in [-0.1, -0.05) is 18.2 Å². The monoisotopic (exact) mass is 562 g/mol. The summed E-state index contributed by atoms with van der Waals surface area (Å²) >= 11 is 0. The number of rotatable bonds is 7. The van der Waals surface area contributed by atoms with Crippen molar-refractivity contribution in [1.82, 2.24) is 24.0 Å². The molecule has 1 aliphatic carbocycles. The second-order valence-corrected chi connectivity index (χ2v) is 11.8. The molecule has 212 valence electrons. The van der Waals surface area contributed by atoms with Crippen LogP contribution in [0.15, 0.2) is 67.0 Å². The summed E-state index contributed by atoms with van der Waals surface area (Å²) in [5.74, 6) is 1.59. The fourth-order valence-corrected chi connectivity index (χ4v) is 6.22. The minimum absolute atomic E-state index is 0.0107. The molecule has 1 saturated heterocycles. The second-order valence-electron chi connectivity index (χ2n) is 11.8. The van der Waals surface area contributed by atoms with Crippen molar-refractivity contribution in [3.8, 4) is 17.3 Å². The van der Waals surface area contributed by atoms with E-state index in [1.165, 1.54) is 23.3 Å². The van der Waals surface area contributed by atoms with Crippen LogP contribution in [0.4, 0.5) is 4.39 Å². The van der Waals surface area contributed by atoms with E-state index in [-0.39, 0.29) is 25.4 Å². The van der Waals surface area contributed by atoms with E-state index in [2.05, 4.69) is 38.4 Å². The minimum Gasteiger partial charge on any atom is -0.494 e. The number of imidazole rings is 1. The zero-order valence-corrected chi connectivity index (χ0v) is 23.5. The Bertz CT molecular complexity index is 1800. The van der Waals surface area contributed by atoms with Crippen molar-refractivity contribution >= 4 is 35.7 Å². The number of halogens is 1. The molecular weight excluding hydrogens is 530 g/mol. The summed E-state index contributed by atoms with van der Waals surface area (Å²) in [7, 11) is 7.65. The number of pyridine rings is 1. The molecule has 4 heterocycles. The molecule has 42 heavy (non-hydrogen) atoms. The van der Waals surface area contributed by atoms with Gasteiger partial charge in [0.15, 0.2) is 5.82 Å². The Morgan fingerprint density at radius 2 is 1.93 bits per heavy atom. The third-order valence-electron chi connectivity index (χ3n) is 8.33. The molecule has 8 nitrogen and oxygen atoms in total. The number of fused-ring (bicyclic) bond motifs is 2. The average molecular weight is 562 g/mol. The van der Waals surface area contributed by atoms with E-state index in [4.69, 9.17) is 23.3 Å². The molecule has 2 aliphatic rings. The van der Waals surface area contributed by atoms with Crippen LogP contribution in [0.3, 0.4) is 0 Å². The van der Waals surface area contributed by atoms with Gasteiger partial charge < -0.3 is 24.5 Å². The summed E-state index contributed by atoms with van der Waals surface area (Å²) in [6.45, 7) is 1.46. The first-order valence-electron chi connectivity index (χ1n) is 14.4. The number of carbonyl (C=O) groups is 1. The minimum atomic E-state index is -1.29. The van der Waals surface area contributed by atoms with Crippen LogP contribution in [-0.4, -0.2) is 69.6 Å². The Kier molecular flexibility index (Phi) is 6.53. The molecule has 3 aromatic heterocycles. The maximum Gasteiger partial charge on any atom is 0.254 e. The van der Waals surface area contributed by atoms with Crippen molar-refractivity contribution in [3.05, 3.63) is 78.1 Å². The smallest absolute Gasteiger partial charge is 0.254 e. The fourth-order valence-electron chi connectivity index (χ4n) is 6.22. The highest BCUT2D eigenvalue weighted by Crippen LogP contribution is 2.39. The van der Waals surface area contributed by atoms with E-state index >= 15 is 0 Å². The average Bonchev–Trinajstić information content (AvgIpc) is 3.63. The lowest BCUT2D eigenvalue weighted by molar-refractivity contribution is 0.0574. The van der Waals surface area contributed by atoms with E-state index in [0.29, 0.717) is 29.3 Å². The number of benzene rings is 2. The standard InChI is InChI=1S/C32H32BFN6O2/c1-42-28-14-23(31(41)38-18-24(34)15-32(33,35)19-38)12-25-29(28)40(17-21-8-10-36-11-9-21)30(37-25)27-13-22-4-2-3-5-26(22)39(27)16-20-6-7-20/h2-5,8-14,20,24H,6-7,15-19,35H2,1H3/t24-,32?/m1/s1. The topological polar surface area (TPSA) is 91.2 Å². The second kappa shape index (κ2) is 10.3. The quantitative estimate of drug-likeness (QED) is 0.295. The van der Waals surface area contributed by atoms with Gasteiger partial charge in [-0.3, -0.25) is 9.78 Å². The van der Waals surface area contributed by atoms with Gasteiger partial charge in [-0.25, -0.2) is 9.37 Å². The normalized spacial score (nSPS) is 20.8. The first-order chi connectivity index (χ1) is 20.3. The van der Waals surface area contributed by atoms with Gasteiger partial charge in [0.2, 0.25) is 0 Å². The van der Waals surface area contributed by atoms with Crippen LogP contribution in [0.2, 0.25) is 0 Å². The fraction of sp³-hybridized carbons (Fsp3) is 0.344. The first kappa shape index (κ1) is 26.7. The zero-order valence-electron chi connectivity index (χ0n) is 23.5. The van der Waals surface area contributed by atoms with Crippen LogP contribution < -0.4 is 10.5 Å². The predicted molar refractivity (Wildman–Crippen MR) is 161 cm³/mol. The number of amides is 1. The number of likely N-dealkylation sites (tertiary alicyclic amines) is 1. The third kappa shape index (κ3) is 4.94. The molecule has 1 amide bonds. The highest BCUT2D eigenvalue weighted by Gasteiger charge is 2.36. The summed E-state index contributed by atoms with van der Waals surface area (Å²) in [4.78, 5) is 24.4. The highest BCUT2D eigenvalue weighted by molar-refractivity contribution is 6.15. The molecule has 1 aliphatic heterocycles. The van der Waals surface area contributed by atoms with Crippen molar-refractivity contribution in [2.75, 3.05) is 20.2 Å². The lowest BCUT2D eigenvalue weighted by atomic mass is 9.72. The van der Waals surface area contributed by atoms with Gasteiger partial charge in [0, 0.05) is 48.5 Å². The molecule has 7 rings (SSSR count). The lowest BCUT2D eigenvalue weighted by Crippen LogP contribution is -2.59. The Labute approximate surface area is 244 Å². The van der Waals surface area contributed by atoms with Crippen molar-refractivity contribution < 1.29 is 13.9 Å². The van der Waals surface area contributed by atoms with Gasteiger partial charge in [0.25, 0.3) is 5.91 Å². The number of carbonyl (C=O) groups excluding carboxylic acids is 1. The number of methoxy groups -OCH3 is 1. The molecule has 2 fully saturated rings. The number of aromatic nitrogens is 4. The molecule has 10 heteroatoms. The molecule has 1 unspecified atom stereocenters. The van der Waals surface area contributed by atoms with Gasteiger partial charge in [-0.2, -0.15) is 0 Å².